The molecule has 0 spiro atoms. The first-order chi connectivity index (χ1) is 9.86. The van der Waals surface area contributed by atoms with E-state index >= 15 is 0 Å². The van der Waals surface area contributed by atoms with Crippen molar-refractivity contribution in [3.63, 3.8) is 0 Å². The fourth-order valence-corrected chi connectivity index (χ4v) is 1.53. The number of hydrogen-bond donors (Lipinski definition) is 2. The van der Waals surface area contributed by atoms with E-state index in [0.717, 1.165) is 0 Å². The van der Waals surface area contributed by atoms with Crippen LogP contribution >= 0.6 is 0 Å². The molecule has 0 heterocycles. The van der Waals surface area contributed by atoms with E-state index in [-0.39, 0.29) is 19.0 Å². The summed E-state index contributed by atoms with van der Waals surface area (Å²) >= 11 is 0. The Morgan fingerprint density at radius 1 is 1.18 bits per heavy atom. The zero-order chi connectivity index (χ0) is 17.6. The SMILES string of the molecule is COCCN(NC(=O)OC(C)(C)C)C(=NC(=O)O)C(C)(C)C. The second kappa shape index (κ2) is 7.98. The Morgan fingerprint density at radius 2 is 1.73 bits per heavy atom. The molecule has 0 saturated heterocycles. The second-order valence-electron chi connectivity index (χ2n) is 6.73. The van der Waals surface area contributed by atoms with Crippen LogP contribution in [0, 0.1) is 5.41 Å². The normalized spacial score (nSPS) is 12.8. The molecule has 0 aliphatic carbocycles. The van der Waals surface area contributed by atoms with E-state index in [2.05, 4.69) is 10.4 Å². The lowest BCUT2D eigenvalue weighted by Crippen LogP contribution is -2.53. The standard InChI is InChI=1S/C14H27N3O5/c1-13(2,3)10(15-11(18)19)17(8-9-21-7)16-12(20)22-14(4,5)6/h8-9H2,1-7H3,(H,16,20)(H,18,19). The minimum absolute atomic E-state index is 0.197. The van der Waals surface area contributed by atoms with Gasteiger partial charge in [-0.25, -0.2) is 15.0 Å². The molecule has 0 saturated carbocycles. The van der Waals surface area contributed by atoms with E-state index < -0.39 is 23.2 Å². The van der Waals surface area contributed by atoms with Crippen LogP contribution in [-0.4, -0.2) is 54.0 Å². The van der Waals surface area contributed by atoms with Gasteiger partial charge in [0.2, 0.25) is 0 Å². The summed E-state index contributed by atoms with van der Waals surface area (Å²) in [5.74, 6) is 0.197. The van der Waals surface area contributed by atoms with Crippen molar-refractivity contribution in [3.8, 4) is 0 Å². The van der Waals surface area contributed by atoms with Crippen LogP contribution in [0.2, 0.25) is 0 Å². The predicted molar refractivity (Wildman–Crippen MR) is 82.9 cm³/mol. The Bertz CT molecular complexity index is 421. The zero-order valence-electron chi connectivity index (χ0n) is 14.4. The third kappa shape index (κ3) is 8.46. The fourth-order valence-electron chi connectivity index (χ4n) is 1.53. The quantitative estimate of drug-likeness (QED) is 0.471. The molecule has 128 valence electrons. The Balaban J connectivity index is 5.31. The summed E-state index contributed by atoms with van der Waals surface area (Å²) in [6.45, 7) is 11.1. The number of carbonyl (C=O) groups is 2. The average Bonchev–Trinajstić information content (AvgIpc) is 2.27. The molecule has 0 aromatic heterocycles. The van der Waals surface area contributed by atoms with Crippen LogP contribution in [0.5, 0.6) is 0 Å². The molecule has 2 N–H and O–H groups in total. The average molecular weight is 317 g/mol. The van der Waals surface area contributed by atoms with Crippen molar-refractivity contribution in [1.82, 2.24) is 10.4 Å². The summed E-state index contributed by atoms with van der Waals surface area (Å²) in [6, 6.07) is 0. The third-order valence-corrected chi connectivity index (χ3v) is 2.27. The summed E-state index contributed by atoms with van der Waals surface area (Å²) in [7, 11) is 1.51. The van der Waals surface area contributed by atoms with Crippen molar-refractivity contribution in [1.29, 1.82) is 0 Å². The maximum absolute atomic E-state index is 11.9. The van der Waals surface area contributed by atoms with Gasteiger partial charge in [-0.3, -0.25) is 5.01 Å². The topological polar surface area (TPSA) is 100 Å². The fraction of sp³-hybridized carbons (Fsp3) is 0.786. The molecule has 0 aliphatic heterocycles. The minimum atomic E-state index is -1.33. The first kappa shape index (κ1) is 20.2. The lowest BCUT2D eigenvalue weighted by molar-refractivity contribution is 0.0383. The van der Waals surface area contributed by atoms with Gasteiger partial charge in [-0.2, -0.15) is 4.99 Å². The molecule has 0 rings (SSSR count). The predicted octanol–water partition coefficient (Wildman–Crippen LogP) is 2.50. The van der Waals surface area contributed by atoms with E-state index in [9.17, 15) is 9.59 Å². The molecule has 0 bridgehead atoms. The summed E-state index contributed by atoms with van der Waals surface area (Å²) in [6.07, 6.45) is -2.02. The number of amidine groups is 1. The van der Waals surface area contributed by atoms with Crippen LogP contribution in [0.3, 0.4) is 0 Å². The van der Waals surface area contributed by atoms with Crippen LogP contribution in [0.4, 0.5) is 9.59 Å². The minimum Gasteiger partial charge on any atom is -0.463 e. The maximum Gasteiger partial charge on any atom is 0.432 e. The van der Waals surface area contributed by atoms with Gasteiger partial charge in [0.15, 0.2) is 0 Å². The van der Waals surface area contributed by atoms with Crippen molar-refractivity contribution < 1.29 is 24.2 Å². The molecule has 0 atom stereocenters. The number of amides is 2. The first-order valence-corrected chi connectivity index (χ1v) is 6.95. The molecule has 8 nitrogen and oxygen atoms in total. The molecule has 0 aliphatic rings. The highest BCUT2D eigenvalue weighted by atomic mass is 16.6. The maximum atomic E-state index is 11.9. The number of hydrazine groups is 1. The van der Waals surface area contributed by atoms with Crippen LogP contribution in [0.15, 0.2) is 4.99 Å². The number of rotatable bonds is 3. The Labute approximate surface area is 131 Å². The molecule has 22 heavy (non-hydrogen) atoms. The van der Waals surface area contributed by atoms with E-state index in [1.54, 1.807) is 41.5 Å². The zero-order valence-corrected chi connectivity index (χ0v) is 14.4. The Kier molecular flexibility index (Phi) is 7.31. The second-order valence-corrected chi connectivity index (χ2v) is 6.73. The molecular weight excluding hydrogens is 290 g/mol. The van der Waals surface area contributed by atoms with E-state index in [0.29, 0.717) is 0 Å². The highest BCUT2D eigenvalue weighted by Crippen LogP contribution is 2.19. The van der Waals surface area contributed by atoms with Gasteiger partial charge in [0, 0.05) is 12.5 Å². The molecule has 0 fully saturated rings. The molecule has 0 aromatic carbocycles. The highest BCUT2D eigenvalue weighted by molar-refractivity contribution is 5.95. The third-order valence-electron chi connectivity index (χ3n) is 2.27. The molecule has 8 heteroatoms. The van der Waals surface area contributed by atoms with E-state index in [1.165, 1.54) is 12.1 Å². The van der Waals surface area contributed by atoms with Crippen molar-refractivity contribution in [2.24, 2.45) is 10.4 Å². The van der Waals surface area contributed by atoms with Gasteiger partial charge in [-0.15, -0.1) is 0 Å². The number of carbonyl (C=O) groups excluding carboxylic acids is 1. The van der Waals surface area contributed by atoms with E-state index in [1.807, 2.05) is 0 Å². The smallest absolute Gasteiger partial charge is 0.432 e. The van der Waals surface area contributed by atoms with Gasteiger partial charge in [0.1, 0.15) is 11.4 Å². The van der Waals surface area contributed by atoms with Gasteiger partial charge < -0.3 is 14.6 Å². The van der Waals surface area contributed by atoms with Crippen molar-refractivity contribution in [3.05, 3.63) is 0 Å². The van der Waals surface area contributed by atoms with Crippen molar-refractivity contribution in [2.45, 2.75) is 47.1 Å². The van der Waals surface area contributed by atoms with Crippen LogP contribution in [0.25, 0.3) is 0 Å². The lowest BCUT2D eigenvalue weighted by atomic mass is 9.94. The number of nitrogens with zero attached hydrogens (tertiary/aromatic N) is 2. The van der Waals surface area contributed by atoms with Crippen LogP contribution in [-0.2, 0) is 9.47 Å². The number of aliphatic imine (C=N–C) groups is 1. The summed E-state index contributed by atoms with van der Waals surface area (Å²) in [5.41, 5.74) is 1.26. The van der Waals surface area contributed by atoms with Gasteiger partial charge in [-0.1, -0.05) is 20.8 Å². The molecular formula is C14H27N3O5. The van der Waals surface area contributed by atoms with Gasteiger partial charge in [0.05, 0.1) is 13.2 Å². The molecule has 0 aromatic rings. The van der Waals surface area contributed by atoms with Gasteiger partial charge >= 0.3 is 12.2 Å². The van der Waals surface area contributed by atoms with Crippen LogP contribution in [0.1, 0.15) is 41.5 Å². The first-order valence-electron chi connectivity index (χ1n) is 6.95. The van der Waals surface area contributed by atoms with Gasteiger partial charge in [-0.05, 0) is 20.8 Å². The molecule has 0 radical (unpaired) electrons. The number of hydrogen-bond acceptors (Lipinski definition) is 4. The number of ether oxygens (including phenoxy) is 2. The van der Waals surface area contributed by atoms with Crippen LogP contribution < -0.4 is 5.43 Å². The Morgan fingerprint density at radius 3 is 2.09 bits per heavy atom. The number of carboxylic acid groups (broad SMARTS) is 1. The van der Waals surface area contributed by atoms with E-state index in [4.69, 9.17) is 14.6 Å². The largest absolute Gasteiger partial charge is 0.463 e. The number of nitrogens with one attached hydrogen (secondary N) is 1. The monoisotopic (exact) mass is 317 g/mol. The molecule has 0 unspecified atom stereocenters. The summed E-state index contributed by atoms with van der Waals surface area (Å²) < 4.78 is 10.2. The highest BCUT2D eigenvalue weighted by Gasteiger charge is 2.28. The Hall–Kier alpha value is -1.83. The van der Waals surface area contributed by atoms with Crippen molar-refractivity contribution in [2.75, 3.05) is 20.3 Å². The number of methoxy groups -OCH3 is 1. The summed E-state index contributed by atoms with van der Waals surface area (Å²) in [4.78, 5) is 26.5. The lowest BCUT2D eigenvalue weighted by Gasteiger charge is -2.33. The molecule has 2 amide bonds. The van der Waals surface area contributed by atoms with Gasteiger partial charge in [0.25, 0.3) is 0 Å². The van der Waals surface area contributed by atoms with Crippen molar-refractivity contribution >= 4 is 18.0 Å². The summed E-state index contributed by atoms with van der Waals surface area (Å²) in [5, 5.41) is 10.3.